The molecule has 2 aromatic heterocycles. The van der Waals surface area contributed by atoms with Gasteiger partial charge in [-0.3, -0.25) is 0 Å². The first-order chi connectivity index (χ1) is 10.0. The highest BCUT2D eigenvalue weighted by molar-refractivity contribution is 7.98. The van der Waals surface area contributed by atoms with Crippen LogP contribution >= 0.6 is 11.8 Å². The number of thioether (sulfide) groups is 1. The van der Waals surface area contributed by atoms with Crippen LogP contribution in [-0.4, -0.2) is 35.3 Å². The molecule has 1 N–H and O–H groups in total. The summed E-state index contributed by atoms with van der Waals surface area (Å²) in [5.74, 6) is 1.85. The van der Waals surface area contributed by atoms with E-state index in [0.717, 1.165) is 28.0 Å². The Labute approximate surface area is 130 Å². The molecule has 0 saturated heterocycles. The lowest BCUT2D eigenvalue weighted by molar-refractivity contribution is 0.906. The quantitative estimate of drug-likeness (QED) is 0.677. The zero-order chi connectivity index (χ0) is 15.4. The number of nitrogens with zero attached hydrogens (tertiary/aromatic N) is 4. The van der Waals surface area contributed by atoms with E-state index in [1.54, 1.807) is 11.8 Å². The summed E-state index contributed by atoms with van der Waals surface area (Å²) in [5.41, 5.74) is 3.28. The maximum Gasteiger partial charge on any atom is 0.189 e. The van der Waals surface area contributed by atoms with Gasteiger partial charge in [0.05, 0.1) is 0 Å². The van der Waals surface area contributed by atoms with Gasteiger partial charge in [-0.05, 0) is 37.8 Å². The first kappa shape index (κ1) is 15.6. The molecule has 2 rings (SSSR count). The van der Waals surface area contributed by atoms with Crippen LogP contribution in [-0.2, 0) is 6.54 Å². The van der Waals surface area contributed by atoms with Gasteiger partial charge in [0.2, 0.25) is 0 Å². The van der Waals surface area contributed by atoms with Crippen LogP contribution in [0.5, 0.6) is 0 Å². The predicted octanol–water partition coefficient (Wildman–Crippen LogP) is 2.89. The van der Waals surface area contributed by atoms with Crippen LogP contribution in [0.15, 0.2) is 23.5 Å². The number of hydrogen-bond acceptors (Lipinski definition) is 6. The van der Waals surface area contributed by atoms with Crippen molar-refractivity contribution in [3.8, 4) is 0 Å². The molecule has 112 valence electrons. The third-order valence-corrected chi connectivity index (χ3v) is 3.83. The minimum absolute atomic E-state index is 0.717. The SMILES string of the molecule is CSc1nc(C)c(C)c(NCc2ccnc(N(C)C)c2)n1. The Morgan fingerprint density at radius 1 is 1.24 bits per heavy atom. The topological polar surface area (TPSA) is 53.9 Å². The molecule has 6 heteroatoms. The fourth-order valence-corrected chi connectivity index (χ4v) is 2.28. The maximum absolute atomic E-state index is 4.54. The summed E-state index contributed by atoms with van der Waals surface area (Å²) in [7, 11) is 3.98. The van der Waals surface area contributed by atoms with Gasteiger partial charge in [-0.15, -0.1) is 0 Å². The van der Waals surface area contributed by atoms with Crippen LogP contribution in [0.25, 0.3) is 0 Å². The van der Waals surface area contributed by atoms with Gasteiger partial charge in [-0.1, -0.05) is 11.8 Å². The molecule has 0 atom stereocenters. The van der Waals surface area contributed by atoms with Crippen molar-refractivity contribution in [2.75, 3.05) is 30.6 Å². The van der Waals surface area contributed by atoms with Crippen LogP contribution in [0, 0.1) is 13.8 Å². The Morgan fingerprint density at radius 2 is 2.00 bits per heavy atom. The maximum atomic E-state index is 4.54. The lowest BCUT2D eigenvalue weighted by Gasteiger charge is -2.14. The number of pyridine rings is 1. The van der Waals surface area contributed by atoms with Crippen molar-refractivity contribution in [1.82, 2.24) is 15.0 Å². The summed E-state index contributed by atoms with van der Waals surface area (Å²) in [5, 5.41) is 4.20. The number of anilines is 2. The lowest BCUT2D eigenvalue weighted by Crippen LogP contribution is -2.12. The molecule has 0 radical (unpaired) electrons. The second-order valence-electron chi connectivity index (χ2n) is 5.04. The lowest BCUT2D eigenvalue weighted by atomic mass is 10.2. The highest BCUT2D eigenvalue weighted by atomic mass is 32.2. The molecule has 5 nitrogen and oxygen atoms in total. The largest absolute Gasteiger partial charge is 0.366 e. The monoisotopic (exact) mass is 303 g/mol. The van der Waals surface area contributed by atoms with E-state index in [9.17, 15) is 0 Å². The van der Waals surface area contributed by atoms with Crippen molar-refractivity contribution >= 4 is 23.4 Å². The van der Waals surface area contributed by atoms with Crippen LogP contribution in [0.3, 0.4) is 0 Å². The average Bonchev–Trinajstić information content (AvgIpc) is 2.48. The van der Waals surface area contributed by atoms with Crippen LogP contribution in [0.4, 0.5) is 11.6 Å². The summed E-state index contributed by atoms with van der Waals surface area (Å²) >= 11 is 1.55. The molecule has 0 saturated carbocycles. The number of aromatic nitrogens is 3. The van der Waals surface area contributed by atoms with Crippen LogP contribution in [0.1, 0.15) is 16.8 Å². The molecule has 0 aliphatic heterocycles. The van der Waals surface area contributed by atoms with Crippen molar-refractivity contribution < 1.29 is 0 Å². The van der Waals surface area contributed by atoms with Gasteiger partial charge >= 0.3 is 0 Å². The van der Waals surface area contributed by atoms with Gasteiger partial charge in [-0.25, -0.2) is 15.0 Å². The normalized spacial score (nSPS) is 10.5. The summed E-state index contributed by atoms with van der Waals surface area (Å²) in [6, 6.07) is 4.09. The van der Waals surface area contributed by atoms with Gasteiger partial charge < -0.3 is 10.2 Å². The van der Waals surface area contributed by atoms with Crippen molar-refractivity contribution in [2.24, 2.45) is 0 Å². The molecule has 21 heavy (non-hydrogen) atoms. The zero-order valence-electron chi connectivity index (χ0n) is 13.1. The molecule has 0 aromatic carbocycles. The van der Waals surface area contributed by atoms with E-state index in [4.69, 9.17) is 0 Å². The van der Waals surface area contributed by atoms with Gasteiger partial charge in [0.25, 0.3) is 0 Å². The predicted molar refractivity (Wildman–Crippen MR) is 89.2 cm³/mol. The van der Waals surface area contributed by atoms with Crippen molar-refractivity contribution in [1.29, 1.82) is 0 Å². The highest BCUT2D eigenvalue weighted by Gasteiger charge is 2.07. The smallest absolute Gasteiger partial charge is 0.189 e. The summed E-state index contributed by atoms with van der Waals surface area (Å²) < 4.78 is 0. The molecule has 0 aliphatic rings. The van der Waals surface area contributed by atoms with E-state index in [-0.39, 0.29) is 0 Å². The Morgan fingerprint density at radius 3 is 2.67 bits per heavy atom. The second-order valence-corrected chi connectivity index (χ2v) is 5.81. The molecule has 0 aliphatic carbocycles. The Balaban J connectivity index is 2.16. The van der Waals surface area contributed by atoms with E-state index >= 15 is 0 Å². The van der Waals surface area contributed by atoms with E-state index < -0.39 is 0 Å². The Hall–Kier alpha value is -1.82. The second kappa shape index (κ2) is 6.76. The number of nitrogens with one attached hydrogen (secondary N) is 1. The van der Waals surface area contributed by atoms with E-state index in [0.29, 0.717) is 6.54 Å². The molecule has 0 bridgehead atoms. The summed E-state index contributed by atoms with van der Waals surface area (Å²) in [6.45, 7) is 4.77. The standard InChI is InChI=1S/C15H21N5S/c1-10-11(2)18-15(21-5)19-14(10)17-9-12-6-7-16-13(8-12)20(3)4/h6-8H,9H2,1-5H3,(H,17,18,19). The molecule has 0 fully saturated rings. The first-order valence-electron chi connectivity index (χ1n) is 6.76. The Kier molecular flexibility index (Phi) is 5.01. The van der Waals surface area contributed by atoms with Crippen LogP contribution < -0.4 is 10.2 Å². The van der Waals surface area contributed by atoms with Crippen molar-refractivity contribution in [2.45, 2.75) is 25.5 Å². The third kappa shape index (κ3) is 3.85. The number of hydrogen-bond donors (Lipinski definition) is 1. The summed E-state index contributed by atoms with van der Waals surface area (Å²) in [4.78, 5) is 15.3. The van der Waals surface area contributed by atoms with E-state index in [2.05, 4.69) is 26.3 Å². The fraction of sp³-hybridized carbons (Fsp3) is 0.400. The number of aryl methyl sites for hydroxylation is 1. The minimum Gasteiger partial charge on any atom is -0.366 e. The van der Waals surface area contributed by atoms with Gasteiger partial charge in [0, 0.05) is 38.1 Å². The molecule has 0 unspecified atom stereocenters. The molecule has 0 spiro atoms. The Bertz CT molecular complexity index is 627. The average molecular weight is 303 g/mol. The molecular weight excluding hydrogens is 282 g/mol. The molecule has 2 heterocycles. The van der Waals surface area contributed by atoms with Crippen LogP contribution in [0.2, 0.25) is 0 Å². The van der Waals surface area contributed by atoms with Gasteiger partial charge in [0.15, 0.2) is 5.16 Å². The number of rotatable bonds is 5. The van der Waals surface area contributed by atoms with E-state index in [1.807, 2.05) is 51.4 Å². The molecular formula is C15H21N5S. The highest BCUT2D eigenvalue weighted by Crippen LogP contribution is 2.20. The first-order valence-corrected chi connectivity index (χ1v) is 7.99. The van der Waals surface area contributed by atoms with Gasteiger partial charge in [0.1, 0.15) is 11.6 Å². The van der Waals surface area contributed by atoms with Gasteiger partial charge in [-0.2, -0.15) is 0 Å². The third-order valence-electron chi connectivity index (χ3n) is 3.28. The van der Waals surface area contributed by atoms with Crippen molar-refractivity contribution in [3.05, 3.63) is 35.2 Å². The fourth-order valence-electron chi connectivity index (χ4n) is 1.87. The zero-order valence-corrected chi connectivity index (χ0v) is 14.0. The molecule has 2 aromatic rings. The van der Waals surface area contributed by atoms with Crippen molar-refractivity contribution in [3.63, 3.8) is 0 Å². The minimum atomic E-state index is 0.717. The van der Waals surface area contributed by atoms with E-state index in [1.165, 1.54) is 5.56 Å². The molecule has 0 amide bonds. The summed E-state index contributed by atoms with van der Waals surface area (Å²) in [6.07, 6.45) is 3.82.